The molecule has 5 nitrogen and oxygen atoms in total. The summed E-state index contributed by atoms with van der Waals surface area (Å²) in [6.45, 7) is 9.86. The Balaban J connectivity index is 1.93. The van der Waals surface area contributed by atoms with E-state index in [1.54, 1.807) is 7.05 Å². The van der Waals surface area contributed by atoms with Gasteiger partial charge in [0, 0.05) is 44.2 Å². The van der Waals surface area contributed by atoms with Crippen LogP contribution in [0.3, 0.4) is 0 Å². The van der Waals surface area contributed by atoms with E-state index in [9.17, 15) is 5.11 Å². The van der Waals surface area contributed by atoms with Crippen LogP contribution in [0.25, 0.3) is 0 Å². The summed E-state index contributed by atoms with van der Waals surface area (Å²) in [4.78, 5) is 4.35. The first-order valence-corrected chi connectivity index (χ1v) is 9.12. The Labute approximate surface area is 151 Å². The van der Waals surface area contributed by atoms with E-state index in [1.807, 2.05) is 0 Å². The molecule has 0 aliphatic carbocycles. The Kier molecular flexibility index (Phi) is 6.85. The lowest BCUT2D eigenvalue weighted by atomic mass is 9.82. The van der Waals surface area contributed by atoms with Gasteiger partial charge in [-0.3, -0.25) is 4.99 Å². The van der Waals surface area contributed by atoms with Crippen LogP contribution in [-0.4, -0.2) is 51.0 Å². The van der Waals surface area contributed by atoms with Crippen LogP contribution in [0.15, 0.2) is 29.3 Å². The maximum absolute atomic E-state index is 9.35. The lowest BCUT2D eigenvalue weighted by Crippen LogP contribution is -2.47. The maximum Gasteiger partial charge on any atom is 0.191 e. The molecule has 25 heavy (non-hydrogen) atoms. The van der Waals surface area contributed by atoms with E-state index in [0.717, 1.165) is 38.5 Å². The summed E-state index contributed by atoms with van der Waals surface area (Å²) < 4.78 is 5.55. The van der Waals surface area contributed by atoms with Crippen molar-refractivity contribution in [3.05, 3.63) is 35.4 Å². The molecule has 0 amide bonds. The van der Waals surface area contributed by atoms with Crippen LogP contribution in [0.2, 0.25) is 0 Å². The van der Waals surface area contributed by atoms with Crippen molar-refractivity contribution in [2.75, 3.05) is 40.0 Å². The van der Waals surface area contributed by atoms with Crippen LogP contribution in [0, 0.1) is 12.3 Å². The van der Waals surface area contributed by atoms with Crippen molar-refractivity contribution in [1.82, 2.24) is 10.6 Å². The van der Waals surface area contributed by atoms with Gasteiger partial charge in [-0.25, -0.2) is 0 Å². The molecule has 1 unspecified atom stereocenters. The number of hydrogen-bond donors (Lipinski definition) is 3. The van der Waals surface area contributed by atoms with Crippen molar-refractivity contribution >= 4 is 5.96 Å². The minimum atomic E-state index is 0.00220. The molecule has 3 N–H and O–H groups in total. The second kappa shape index (κ2) is 8.68. The average molecular weight is 348 g/mol. The van der Waals surface area contributed by atoms with Gasteiger partial charge in [0.1, 0.15) is 0 Å². The molecule has 1 heterocycles. The molecule has 1 aromatic carbocycles. The van der Waals surface area contributed by atoms with Gasteiger partial charge in [0.05, 0.1) is 6.61 Å². The molecule has 1 saturated heterocycles. The van der Waals surface area contributed by atoms with E-state index >= 15 is 0 Å². The van der Waals surface area contributed by atoms with E-state index in [2.05, 4.69) is 60.7 Å². The van der Waals surface area contributed by atoms with Crippen LogP contribution in [0.4, 0.5) is 0 Å². The molecule has 1 atom stereocenters. The van der Waals surface area contributed by atoms with Crippen LogP contribution < -0.4 is 10.6 Å². The lowest BCUT2D eigenvalue weighted by molar-refractivity contribution is 0.127. The van der Waals surface area contributed by atoms with Gasteiger partial charge in [-0.05, 0) is 30.9 Å². The first kappa shape index (κ1) is 19.7. The van der Waals surface area contributed by atoms with Crippen molar-refractivity contribution in [1.29, 1.82) is 0 Å². The molecule has 0 radical (unpaired) electrons. The SMILES string of the molecule is CN=C(NCC1(CCO)CCOC1)NCC(C)(C)c1ccccc1C. The van der Waals surface area contributed by atoms with Gasteiger partial charge in [0.25, 0.3) is 0 Å². The van der Waals surface area contributed by atoms with E-state index < -0.39 is 0 Å². The molecule has 1 fully saturated rings. The molecule has 1 aliphatic heterocycles. The zero-order valence-electron chi connectivity index (χ0n) is 16.1. The molecule has 140 valence electrons. The van der Waals surface area contributed by atoms with Crippen molar-refractivity contribution in [2.45, 2.75) is 39.0 Å². The monoisotopic (exact) mass is 347 g/mol. The van der Waals surface area contributed by atoms with Gasteiger partial charge in [0.15, 0.2) is 5.96 Å². The standard InChI is InChI=1S/C20H33N3O2/c1-16-7-5-6-8-17(16)19(2,3)13-22-18(21-4)23-14-20(9-11-24)10-12-25-15-20/h5-8,24H,9-15H2,1-4H3,(H2,21,22,23). The molecular weight excluding hydrogens is 314 g/mol. The summed E-state index contributed by atoms with van der Waals surface area (Å²) in [6.07, 6.45) is 1.73. The normalized spacial score (nSPS) is 21.4. The Hall–Kier alpha value is -1.59. The van der Waals surface area contributed by atoms with Gasteiger partial charge in [-0.2, -0.15) is 0 Å². The highest BCUT2D eigenvalue weighted by Crippen LogP contribution is 2.31. The second-order valence-corrected chi connectivity index (χ2v) is 7.75. The summed E-state index contributed by atoms with van der Waals surface area (Å²) in [5.41, 5.74) is 2.67. The fourth-order valence-electron chi connectivity index (χ4n) is 3.54. The molecule has 1 aliphatic rings. The first-order valence-electron chi connectivity index (χ1n) is 9.12. The fourth-order valence-corrected chi connectivity index (χ4v) is 3.54. The number of aliphatic imine (C=N–C) groups is 1. The Bertz CT molecular complexity index is 578. The molecule has 0 saturated carbocycles. The molecule has 2 rings (SSSR count). The highest BCUT2D eigenvalue weighted by Gasteiger charge is 2.34. The van der Waals surface area contributed by atoms with E-state index in [4.69, 9.17) is 4.74 Å². The third-order valence-electron chi connectivity index (χ3n) is 5.25. The van der Waals surface area contributed by atoms with Crippen LogP contribution in [-0.2, 0) is 10.2 Å². The Morgan fingerprint density at radius 2 is 2.08 bits per heavy atom. The minimum Gasteiger partial charge on any atom is -0.396 e. The maximum atomic E-state index is 9.35. The van der Waals surface area contributed by atoms with Gasteiger partial charge >= 0.3 is 0 Å². The molecule has 0 bridgehead atoms. The summed E-state index contributed by atoms with van der Waals surface area (Å²) in [5, 5.41) is 16.2. The Morgan fingerprint density at radius 1 is 1.32 bits per heavy atom. The largest absolute Gasteiger partial charge is 0.396 e. The highest BCUT2D eigenvalue weighted by atomic mass is 16.5. The minimum absolute atomic E-state index is 0.00220. The van der Waals surface area contributed by atoms with Crippen molar-refractivity contribution in [3.8, 4) is 0 Å². The zero-order chi connectivity index (χ0) is 18.3. The first-order chi connectivity index (χ1) is 11.9. The number of guanidine groups is 1. The second-order valence-electron chi connectivity index (χ2n) is 7.75. The molecule has 5 heteroatoms. The number of rotatable bonds is 7. The van der Waals surface area contributed by atoms with Gasteiger partial charge < -0.3 is 20.5 Å². The van der Waals surface area contributed by atoms with E-state index in [-0.39, 0.29) is 17.4 Å². The molecule has 0 spiro atoms. The van der Waals surface area contributed by atoms with Crippen molar-refractivity contribution < 1.29 is 9.84 Å². The topological polar surface area (TPSA) is 65.9 Å². The number of hydrogen-bond acceptors (Lipinski definition) is 3. The molecule has 1 aromatic rings. The predicted octanol–water partition coefficient (Wildman–Crippen LogP) is 2.23. The van der Waals surface area contributed by atoms with Crippen molar-refractivity contribution in [2.24, 2.45) is 10.4 Å². The summed E-state index contributed by atoms with van der Waals surface area (Å²) in [6, 6.07) is 8.52. The molecule has 0 aromatic heterocycles. The third-order valence-corrected chi connectivity index (χ3v) is 5.25. The summed E-state index contributed by atoms with van der Waals surface area (Å²) >= 11 is 0. The van der Waals surface area contributed by atoms with E-state index in [0.29, 0.717) is 6.61 Å². The number of aryl methyl sites for hydroxylation is 1. The van der Waals surface area contributed by atoms with Gasteiger partial charge in [-0.15, -0.1) is 0 Å². The van der Waals surface area contributed by atoms with Crippen molar-refractivity contribution in [3.63, 3.8) is 0 Å². The number of nitrogens with zero attached hydrogens (tertiary/aromatic N) is 1. The number of nitrogens with one attached hydrogen (secondary N) is 2. The number of aliphatic hydroxyl groups excluding tert-OH is 1. The molecular formula is C20H33N3O2. The van der Waals surface area contributed by atoms with Gasteiger partial charge in [0.2, 0.25) is 0 Å². The number of benzene rings is 1. The predicted molar refractivity (Wildman–Crippen MR) is 103 cm³/mol. The van der Waals surface area contributed by atoms with Crippen LogP contribution in [0.5, 0.6) is 0 Å². The lowest BCUT2D eigenvalue weighted by Gasteiger charge is -2.30. The number of aliphatic hydroxyl groups is 1. The van der Waals surface area contributed by atoms with Gasteiger partial charge in [-0.1, -0.05) is 38.1 Å². The average Bonchev–Trinajstić information content (AvgIpc) is 3.04. The highest BCUT2D eigenvalue weighted by molar-refractivity contribution is 5.79. The van der Waals surface area contributed by atoms with Crippen LogP contribution >= 0.6 is 0 Å². The zero-order valence-corrected chi connectivity index (χ0v) is 16.1. The van der Waals surface area contributed by atoms with Crippen LogP contribution in [0.1, 0.15) is 37.8 Å². The summed E-state index contributed by atoms with van der Waals surface area (Å²) in [7, 11) is 1.79. The number of ether oxygens (including phenoxy) is 1. The van der Waals surface area contributed by atoms with E-state index in [1.165, 1.54) is 11.1 Å². The Morgan fingerprint density at radius 3 is 2.68 bits per heavy atom. The fraction of sp³-hybridized carbons (Fsp3) is 0.650. The smallest absolute Gasteiger partial charge is 0.191 e. The quantitative estimate of drug-likeness (QED) is 0.523. The summed E-state index contributed by atoms with van der Waals surface area (Å²) in [5.74, 6) is 0.797. The third kappa shape index (κ3) is 5.19.